The lowest BCUT2D eigenvalue weighted by Crippen LogP contribution is -2.24. The molecule has 2 heterocycles. The Morgan fingerprint density at radius 2 is 2.08 bits per heavy atom. The Morgan fingerprint density at radius 1 is 1.23 bits per heavy atom. The summed E-state index contributed by atoms with van der Waals surface area (Å²) in [5, 5.41) is 6.65. The lowest BCUT2D eigenvalue weighted by molar-refractivity contribution is 0.0952. The van der Waals surface area contributed by atoms with Crippen LogP contribution in [0.15, 0.2) is 47.1 Å². The van der Waals surface area contributed by atoms with Crippen LogP contribution in [0.5, 0.6) is 11.5 Å². The number of ether oxygens (including phenoxy) is 2. The number of methoxy groups -OCH3 is 2. The van der Waals surface area contributed by atoms with Gasteiger partial charge in [0, 0.05) is 24.4 Å². The molecule has 0 radical (unpaired) electrons. The molecule has 2 aromatic heterocycles. The molecular formula is C18H18N4O4. The first-order valence-corrected chi connectivity index (χ1v) is 7.79. The maximum Gasteiger partial charge on any atom is 0.259 e. The van der Waals surface area contributed by atoms with Crippen molar-refractivity contribution in [2.24, 2.45) is 0 Å². The van der Waals surface area contributed by atoms with Crippen LogP contribution in [0.25, 0.3) is 11.4 Å². The van der Waals surface area contributed by atoms with Crippen LogP contribution in [0, 0.1) is 0 Å². The summed E-state index contributed by atoms with van der Waals surface area (Å²) < 4.78 is 15.5. The fraction of sp³-hybridized carbons (Fsp3) is 0.167. The van der Waals surface area contributed by atoms with Crippen molar-refractivity contribution < 1.29 is 18.8 Å². The smallest absolute Gasteiger partial charge is 0.259 e. The molecule has 0 fully saturated rings. The number of rotatable bonds is 6. The number of nitrogens with two attached hydrogens (primary N) is 1. The number of carbonyl (C=O) groups excluding carboxylic acids is 1. The number of nitrogens with one attached hydrogen (secondary N) is 1. The van der Waals surface area contributed by atoms with E-state index in [-0.39, 0.29) is 18.0 Å². The van der Waals surface area contributed by atoms with Crippen LogP contribution in [-0.4, -0.2) is 30.3 Å². The number of hydrogen-bond donors (Lipinski definition) is 2. The molecule has 0 saturated carbocycles. The van der Waals surface area contributed by atoms with E-state index < -0.39 is 5.91 Å². The number of hydrogen-bond acceptors (Lipinski definition) is 7. The molecule has 8 heteroatoms. The average Bonchev–Trinajstić information content (AvgIpc) is 3.08. The van der Waals surface area contributed by atoms with Crippen LogP contribution >= 0.6 is 0 Å². The second-order valence-corrected chi connectivity index (χ2v) is 5.35. The van der Waals surface area contributed by atoms with E-state index in [2.05, 4.69) is 15.5 Å². The van der Waals surface area contributed by atoms with Crippen molar-refractivity contribution in [3.63, 3.8) is 0 Å². The first-order chi connectivity index (χ1) is 12.6. The number of nitrogens with zero attached hydrogens (tertiary/aromatic N) is 2. The molecule has 3 aromatic rings. The van der Waals surface area contributed by atoms with E-state index in [1.165, 1.54) is 0 Å². The van der Waals surface area contributed by atoms with Crippen LogP contribution < -0.4 is 20.5 Å². The van der Waals surface area contributed by atoms with Gasteiger partial charge in [-0.15, -0.1) is 0 Å². The van der Waals surface area contributed by atoms with E-state index in [9.17, 15) is 4.79 Å². The van der Waals surface area contributed by atoms with Crippen molar-refractivity contribution in [3.05, 3.63) is 53.7 Å². The lowest BCUT2D eigenvalue weighted by Gasteiger charge is -2.11. The topological polar surface area (TPSA) is 112 Å². The van der Waals surface area contributed by atoms with Crippen molar-refractivity contribution in [2.45, 2.75) is 6.54 Å². The Kier molecular flexibility index (Phi) is 5.02. The maximum atomic E-state index is 12.6. The Bertz CT molecular complexity index is 909. The van der Waals surface area contributed by atoms with Crippen LogP contribution in [0.1, 0.15) is 15.9 Å². The minimum absolute atomic E-state index is 0.0650. The summed E-state index contributed by atoms with van der Waals surface area (Å²) in [6.07, 6.45) is 1.60. The van der Waals surface area contributed by atoms with Gasteiger partial charge in [-0.3, -0.25) is 9.78 Å². The Morgan fingerprint density at radius 3 is 2.77 bits per heavy atom. The second-order valence-electron chi connectivity index (χ2n) is 5.35. The molecule has 0 bridgehead atoms. The molecule has 0 unspecified atom stereocenters. The van der Waals surface area contributed by atoms with Crippen LogP contribution in [-0.2, 0) is 6.54 Å². The van der Waals surface area contributed by atoms with E-state index in [1.54, 1.807) is 50.7 Å². The SMILES string of the molecule is COc1ccc(CNC(=O)c2c(-c3ccccn3)noc2N)c(OC)c1. The zero-order valence-electron chi connectivity index (χ0n) is 14.4. The molecule has 3 rings (SSSR count). The van der Waals surface area contributed by atoms with E-state index in [4.69, 9.17) is 19.7 Å². The molecule has 0 aliphatic carbocycles. The molecule has 0 saturated heterocycles. The van der Waals surface area contributed by atoms with Gasteiger partial charge in [0.1, 0.15) is 22.8 Å². The average molecular weight is 354 g/mol. The zero-order chi connectivity index (χ0) is 18.5. The number of amides is 1. The molecule has 3 N–H and O–H groups in total. The van der Waals surface area contributed by atoms with Gasteiger partial charge >= 0.3 is 0 Å². The number of carbonyl (C=O) groups is 1. The number of anilines is 1. The van der Waals surface area contributed by atoms with E-state index in [1.807, 2.05) is 6.07 Å². The highest BCUT2D eigenvalue weighted by molar-refractivity contribution is 6.03. The van der Waals surface area contributed by atoms with Gasteiger partial charge in [-0.2, -0.15) is 0 Å². The van der Waals surface area contributed by atoms with Crippen LogP contribution in [0.2, 0.25) is 0 Å². The van der Waals surface area contributed by atoms with Crippen molar-refractivity contribution in [2.75, 3.05) is 20.0 Å². The van der Waals surface area contributed by atoms with Gasteiger partial charge in [0.15, 0.2) is 0 Å². The lowest BCUT2D eigenvalue weighted by atomic mass is 10.1. The van der Waals surface area contributed by atoms with Gasteiger partial charge < -0.3 is 25.0 Å². The zero-order valence-corrected chi connectivity index (χ0v) is 14.4. The van der Waals surface area contributed by atoms with Crippen LogP contribution in [0.3, 0.4) is 0 Å². The fourth-order valence-electron chi connectivity index (χ4n) is 2.46. The van der Waals surface area contributed by atoms with Crippen molar-refractivity contribution in [3.8, 4) is 22.9 Å². The summed E-state index contributed by atoms with van der Waals surface area (Å²) >= 11 is 0. The third kappa shape index (κ3) is 3.44. The normalized spacial score (nSPS) is 10.4. The standard InChI is InChI=1S/C18H18N4O4/c1-24-12-7-6-11(14(9-12)25-2)10-21-18(23)15-16(22-26-17(15)19)13-5-3-4-8-20-13/h3-9H,10,19H2,1-2H3,(H,21,23). The maximum absolute atomic E-state index is 12.6. The van der Waals surface area contributed by atoms with Gasteiger partial charge in [-0.25, -0.2) is 0 Å². The highest BCUT2D eigenvalue weighted by atomic mass is 16.5. The third-order valence-corrected chi connectivity index (χ3v) is 3.79. The van der Waals surface area contributed by atoms with E-state index in [0.29, 0.717) is 22.9 Å². The molecule has 0 atom stereocenters. The number of benzene rings is 1. The van der Waals surface area contributed by atoms with E-state index in [0.717, 1.165) is 5.56 Å². The quantitative estimate of drug-likeness (QED) is 0.698. The largest absolute Gasteiger partial charge is 0.497 e. The minimum atomic E-state index is -0.415. The Balaban J connectivity index is 1.81. The molecule has 1 amide bonds. The summed E-state index contributed by atoms with van der Waals surface area (Å²) in [4.78, 5) is 16.8. The molecular weight excluding hydrogens is 336 g/mol. The first-order valence-electron chi connectivity index (χ1n) is 7.79. The Labute approximate surface area is 149 Å². The number of nitrogen functional groups attached to an aromatic ring is 1. The molecule has 26 heavy (non-hydrogen) atoms. The predicted molar refractivity (Wildman–Crippen MR) is 94.9 cm³/mol. The van der Waals surface area contributed by atoms with Crippen molar-refractivity contribution in [1.82, 2.24) is 15.5 Å². The molecule has 8 nitrogen and oxygen atoms in total. The van der Waals surface area contributed by atoms with Gasteiger partial charge in [0.05, 0.1) is 19.9 Å². The highest BCUT2D eigenvalue weighted by Crippen LogP contribution is 2.27. The summed E-state index contributed by atoms with van der Waals surface area (Å²) in [5.41, 5.74) is 7.51. The third-order valence-electron chi connectivity index (χ3n) is 3.79. The minimum Gasteiger partial charge on any atom is -0.497 e. The van der Waals surface area contributed by atoms with Gasteiger partial charge in [0.2, 0.25) is 5.88 Å². The second kappa shape index (κ2) is 7.56. The van der Waals surface area contributed by atoms with Crippen molar-refractivity contribution >= 4 is 11.8 Å². The molecule has 0 aliphatic heterocycles. The molecule has 134 valence electrons. The summed E-state index contributed by atoms with van der Waals surface area (Å²) in [5.74, 6) is 0.789. The summed E-state index contributed by atoms with van der Waals surface area (Å²) in [7, 11) is 3.13. The summed E-state index contributed by atoms with van der Waals surface area (Å²) in [6.45, 7) is 0.234. The Hall–Kier alpha value is -3.55. The van der Waals surface area contributed by atoms with E-state index >= 15 is 0 Å². The first kappa shape index (κ1) is 17.3. The highest BCUT2D eigenvalue weighted by Gasteiger charge is 2.23. The monoisotopic (exact) mass is 354 g/mol. The van der Waals surface area contributed by atoms with Gasteiger partial charge in [0.25, 0.3) is 5.91 Å². The predicted octanol–water partition coefficient (Wildman–Crippen LogP) is 2.27. The molecule has 0 aliphatic rings. The fourth-order valence-corrected chi connectivity index (χ4v) is 2.46. The number of pyridine rings is 1. The van der Waals surface area contributed by atoms with Crippen LogP contribution in [0.4, 0.5) is 5.88 Å². The van der Waals surface area contributed by atoms with Gasteiger partial charge in [-0.1, -0.05) is 11.2 Å². The molecule has 1 aromatic carbocycles. The van der Waals surface area contributed by atoms with Gasteiger partial charge in [-0.05, 0) is 24.3 Å². The molecule has 0 spiro atoms. The summed E-state index contributed by atoms with van der Waals surface area (Å²) in [6, 6.07) is 10.6. The van der Waals surface area contributed by atoms with Crippen molar-refractivity contribution in [1.29, 1.82) is 0 Å². The number of aromatic nitrogens is 2.